The largest absolute Gasteiger partial charge is 0.384 e. The molecule has 2 amide bonds. The molecule has 0 radical (unpaired) electrons. The molecule has 33 heavy (non-hydrogen) atoms. The van der Waals surface area contributed by atoms with E-state index >= 15 is 0 Å². The number of carbonyl (C=O) groups excluding carboxylic acids is 2. The lowest BCUT2D eigenvalue weighted by Gasteiger charge is -2.25. The molecule has 8 heteroatoms. The van der Waals surface area contributed by atoms with Crippen molar-refractivity contribution in [3.8, 4) is 0 Å². The zero-order chi connectivity index (χ0) is 23.8. The van der Waals surface area contributed by atoms with Crippen LogP contribution in [0.2, 0.25) is 0 Å². The molecule has 3 N–H and O–H groups in total. The lowest BCUT2D eigenvalue weighted by atomic mass is 10.1. The highest BCUT2D eigenvalue weighted by molar-refractivity contribution is 7.17. The Morgan fingerprint density at radius 2 is 1.82 bits per heavy atom. The smallest absolute Gasteiger partial charge is 0.259 e. The zero-order valence-electron chi connectivity index (χ0n) is 19.6. The molecular formula is C25H31N5O2S. The van der Waals surface area contributed by atoms with Crippen molar-refractivity contribution in [2.45, 2.75) is 27.7 Å². The van der Waals surface area contributed by atoms with Gasteiger partial charge in [0.05, 0.1) is 23.6 Å². The first-order valence-electron chi connectivity index (χ1n) is 11.2. The van der Waals surface area contributed by atoms with Crippen molar-refractivity contribution < 1.29 is 9.59 Å². The van der Waals surface area contributed by atoms with Crippen LogP contribution in [0.1, 0.15) is 43.6 Å². The van der Waals surface area contributed by atoms with Crippen molar-refractivity contribution in [2.75, 3.05) is 36.4 Å². The summed E-state index contributed by atoms with van der Waals surface area (Å²) in [5, 5.41) is 13.3. The Hall–Kier alpha value is -3.39. The van der Waals surface area contributed by atoms with Gasteiger partial charge in [-0.05, 0) is 52.0 Å². The third kappa shape index (κ3) is 5.90. The third-order valence-electron chi connectivity index (χ3n) is 5.36. The Morgan fingerprint density at radius 3 is 2.55 bits per heavy atom. The Kier molecular flexibility index (Phi) is 8.43. The average molecular weight is 466 g/mol. The van der Waals surface area contributed by atoms with E-state index in [2.05, 4.69) is 46.0 Å². The fourth-order valence-corrected chi connectivity index (χ4v) is 4.62. The molecule has 3 aromatic rings. The first kappa shape index (κ1) is 24.3. The van der Waals surface area contributed by atoms with Crippen molar-refractivity contribution in [3.63, 3.8) is 0 Å². The van der Waals surface area contributed by atoms with Gasteiger partial charge in [-0.3, -0.25) is 9.59 Å². The van der Waals surface area contributed by atoms with Gasteiger partial charge < -0.3 is 15.5 Å². The van der Waals surface area contributed by atoms with E-state index in [9.17, 15) is 9.59 Å². The van der Waals surface area contributed by atoms with Gasteiger partial charge in [-0.15, -0.1) is 11.3 Å². The summed E-state index contributed by atoms with van der Waals surface area (Å²) in [6, 6.07) is 13.6. The number of hydrazone groups is 1. The molecule has 0 saturated heterocycles. The molecule has 0 aliphatic heterocycles. The average Bonchev–Trinajstić information content (AvgIpc) is 3.27. The van der Waals surface area contributed by atoms with Crippen molar-refractivity contribution in [3.05, 3.63) is 59.0 Å². The summed E-state index contributed by atoms with van der Waals surface area (Å²) >= 11 is 1.64. The standard InChI is InChI=1S/C25H31N5O2S/c1-5-26-21-14-18(12-13-22(21)30(6-2)7-3)25(32)27-15-24(31)29-28-17(4)20-16-33-23-11-9-8-10-19(20)23/h8-14,16,26H,5-7,15H2,1-4H3,(H,27,32)(H,29,31)/b28-17+. The molecule has 7 nitrogen and oxygen atoms in total. The van der Waals surface area contributed by atoms with Gasteiger partial charge >= 0.3 is 0 Å². The molecular weight excluding hydrogens is 434 g/mol. The second-order valence-electron chi connectivity index (χ2n) is 7.49. The van der Waals surface area contributed by atoms with E-state index in [0.717, 1.165) is 47.7 Å². The minimum atomic E-state index is -0.381. The normalized spacial score (nSPS) is 11.3. The Labute approximate surface area is 198 Å². The molecule has 0 aliphatic carbocycles. The molecule has 0 fully saturated rings. The number of fused-ring (bicyclic) bond motifs is 1. The minimum absolute atomic E-state index is 0.158. The Bertz CT molecular complexity index is 1150. The fourth-order valence-electron chi connectivity index (χ4n) is 3.62. The predicted molar refractivity (Wildman–Crippen MR) is 139 cm³/mol. The van der Waals surface area contributed by atoms with Crippen LogP contribution in [0.5, 0.6) is 0 Å². The molecule has 0 unspecified atom stereocenters. The molecule has 2 aromatic carbocycles. The van der Waals surface area contributed by atoms with Crippen LogP contribution >= 0.6 is 11.3 Å². The molecule has 0 bridgehead atoms. The molecule has 1 aromatic heterocycles. The fraction of sp³-hybridized carbons (Fsp3) is 0.320. The maximum Gasteiger partial charge on any atom is 0.259 e. The lowest BCUT2D eigenvalue weighted by Crippen LogP contribution is -2.35. The minimum Gasteiger partial charge on any atom is -0.384 e. The number of anilines is 2. The number of carbonyl (C=O) groups is 2. The number of amides is 2. The van der Waals surface area contributed by atoms with E-state index in [4.69, 9.17) is 0 Å². The molecule has 1 heterocycles. The summed E-state index contributed by atoms with van der Waals surface area (Å²) in [6.07, 6.45) is 0. The number of benzene rings is 2. The van der Waals surface area contributed by atoms with Crippen LogP contribution in [0.3, 0.4) is 0 Å². The molecule has 0 saturated carbocycles. The summed E-state index contributed by atoms with van der Waals surface area (Å²) in [7, 11) is 0. The van der Waals surface area contributed by atoms with E-state index < -0.39 is 0 Å². The molecule has 0 spiro atoms. The third-order valence-corrected chi connectivity index (χ3v) is 6.32. The van der Waals surface area contributed by atoms with Crippen molar-refractivity contribution in [1.82, 2.24) is 10.7 Å². The van der Waals surface area contributed by atoms with E-state index in [1.165, 1.54) is 4.70 Å². The molecule has 174 valence electrons. The van der Waals surface area contributed by atoms with Crippen LogP contribution in [0.15, 0.2) is 52.9 Å². The van der Waals surface area contributed by atoms with E-state index in [1.807, 2.05) is 49.6 Å². The summed E-state index contributed by atoms with van der Waals surface area (Å²) in [6.45, 7) is 10.4. The summed E-state index contributed by atoms with van der Waals surface area (Å²) < 4.78 is 1.17. The summed E-state index contributed by atoms with van der Waals surface area (Å²) in [5.74, 6) is -0.686. The van der Waals surface area contributed by atoms with Gasteiger partial charge in [-0.1, -0.05) is 18.2 Å². The van der Waals surface area contributed by atoms with Gasteiger partial charge in [0.2, 0.25) is 0 Å². The van der Waals surface area contributed by atoms with Crippen molar-refractivity contribution in [1.29, 1.82) is 0 Å². The Balaban J connectivity index is 1.61. The van der Waals surface area contributed by atoms with Crippen LogP contribution in [0, 0.1) is 0 Å². The summed E-state index contributed by atoms with van der Waals surface area (Å²) in [5.41, 5.74) is 6.70. The maximum absolute atomic E-state index is 12.6. The number of thiophene rings is 1. The molecule has 0 atom stereocenters. The number of rotatable bonds is 10. The first-order chi connectivity index (χ1) is 16.0. The van der Waals surface area contributed by atoms with E-state index in [0.29, 0.717) is 5.56 Å². The van der Waals surface area contributed by atoms with Gasteiger partial charge in [0.15, 0.2) is 0 Å². The lowest BCUT2D eigenvalue weighted by molar-refractivity contribution is -0.120. The van der Waals surface area contributed by atoms with Crippen LogP contribution in [-0.4, -0.2) is 43.7 Å². The highest BCUT2D eigenvalue weighted by Crippen LogP contribution is 2.27. The van der Waals surface area contributed by atoms with Gasteiger partial charge in [0, 0.05) is 46.2 Å². The Morgan fingerprint density at radius 1 is 1.06 bits per heavy atom. The molecule has 0 aliphatic rings. The highest BCUT2D eigenvalue weighted by Gasteiger charge is 2.14. The number of hydrogen-bond donors (Lipinski definition) is 3. The second-order valence-corrected chi connectivity index (χ2v) is 8.41. The predicted octanol–water partition coefficient (Wildman–Crippen LogP) is 4.45. The molecule has 3 rings (SSSR count). The van der Waals surface area contributed by atoms with Crippen LogP contribution in [0.25, 0.3) is 10.1 Å². The van der Waals surface area contributed by atoms with E-state index in [-0.39, 0.29) is 18.4 Å². The van der Waals surface area contributed by atoms with Crippen LogP contribution < -0.4 is 21.0 Å². The van der Waals surface area contributed by atoms with Crippen molar-refractivity contribution >= 4 is 50.3 Å². The summed E-state index contributed by atoms with van der Waals surface area (Å²) in [4.78, 5) is 27.1. The van der Waals surface area contributed by atoms with Gasteiger partial charge in [0.1, 0.15) is 0 Å². The maximum atomic E-state index is 12.6. The quantitative estimate of drug-likeness (QED) is 0.305. The highest BCUT2D eigenvalue weighted by atomic mass is 32.1. The van der Waals surface area contributed by atoms with Crippen LogP contribution in [0.4, 0.5) is 11.4 Å². The topological polar surface area (TPSA) is 85.8 Å². The van der Waals surface area contributed by atoms with Gasteiger partial charge in [-0.2, -0.15) is 5.10 Å². The van der Waals surface area contributed by atoms with Crippen molar-refractivity contribution in [2.24, 2.45) is 5.10 Å². The van der Waals surface area contributed by atoms with Crippen LogP contribution in [-0.2, 0) is 4.79 Å². The first-order valence-corrected chi connectivity index (χ1v) is 12.1. The monoisotopic (exact) mass is 465 g/mol. The van der Waals surface area contributed by atoms with Gasteiger partial charge in [0.25, 0.3) is 11.8 Å². The number of nitrogens with zero attached hydrogens (tertiary/aromatic N) is 2. The van der Waals surface area contributed by atoms with E-state index in [1.54, 1.807) is 17.4 Å². The second kappa shape index (κ2) is 11.5. The zero-order valence-corrected chi connectivity index (χ0v) is 20.4. The number of hydrogen-bond acceptors (Lipinski definition) is 6. The SMILES string of the molecule is CCNc1cc(C(=O)NCC(=O)N/N=C(\C)c2csc3ccccc23)ccc1N(CC)CC. The van der Waals surface area contributed by atoms with Gasteiger partial charge in [-0.25, -0.2) is 5.43 Å². The number of nitrogens with one attached hydrogen (secondary N) is 3.